The van der Waals surface area contributed by atoms with E-state index in [-0.39, 0.29) is 35.8 Å². The number of halogens is 1. The maximum absolute atomic E-state index is 12.1. The molecule has 2 heterocycles. The van der Waals surface area contributed by atoms with Crippen LogP contribution in [0, 0.1) is 5.92 Å². The number of nitrogens with zero attached hydrogens (tertiary/aromatic N) is 2. The van der Waals surface area contributed by atoms with E-state index in [1.807, 2.05) is 13.8 Å². The van der Waals surface area contributed by atoms with Gasteiger partial charge in [-0.25, -0.2) is 4.79 Å². The molecule has 0 aromatic rings. The minimum atomic E-state index is -0.829. The fourth-order valence-electron chi connectivity index (χ4n) is 3.30. The van der Waals surface area contributed by atoms with Crippen molar-refractivity contribution in [1.82, 2.24) is 20.9 Å². The fraction of sp³-hybridized carbons (Fsp3) is 0.824. The first kappa shape index (κ1) is 22.9. The number of nitrogens with one attached hydrogen (secondary N) is 3. The van der Waals surface area contributed by atoms with E-state index in [1.165, 1.54) is 0 Å². The number of rotatable bonds is 5. The van der Waals surface area contributed by atoms with Crippen molar-refractivity contribution in [3.63, 3.8) is 0 Å². The van der Waals surface area contributed by atoms with E-state index in [0.29, 0.717) is 13.0 Å². The van der Waals surface area contributed by atoms with E-state index in [1.54, 1.807) is 13.8 Å². The zero-order valence-corrected chi connectivity index (χ0v) is 18.4. The second kappa shape index (κ2) is 9.20. The van der Waals surface area contributed by atoms with Crippen LogP contribution in [0.25, 0.3) is 0 Å². The SMILES string of the molecule is CCNC(=NCC(C)(O)CC)N1CCC(C2(C)NC(=O)NC2=O)CC1.I. The summed E-state index contributed by atoms with van der Waals surface area (Å²) < 4.78 is 0. The van der Waals surface area contributed by atoms with Crippen molar-refractivity contribution in [2.45, 2.75) is 58.1 Å². The molecule has 0 saturated carbocycles. The third-order valence-electron chi connectivity index (χ3n) is 5.35. The minimum absolute atomic E-state index is 0. The van der Waals surface area contributed by atoms with E-state index in [2.05, 4.69) is 25.8 Å². The molecule has 0 aromatic heterocycles. The standard InChI is InChI=1S/C17H31N5O3.HI/c1-5-16(3,25)11-19-14(18-6-2)22-9-7-12(8-10-22)17(4)13(23)20-15(24)21-17;/h12,25H,5-11H2,1-4H3,(H,18,19)(H2,20,21,23,24);1H. The van der Waals surface area contributed by atoms with Crippen LogP contribution in [0.15, 0.2) is 4.99 Å². The van der Waals surface area contributed by atoms with Gasteiger partial charge in [0, 0.05) is 19.6 Å². The van der Waals surface area contributed by atoms with Crippen molar-refractivity contribution in [2.24, 2.45) is 10.9 Å². The average Bonchev–Trinajstić information content (AvgIpc) is 2.85. The summed E-state index contributed by atoms with van der Waals surface area (Å²) in [6, 6.07) is -0.411. The molecule has 0 aliphatic carbocycles. The Labute approximate surface area is 172 Å². The summed E-state index contributed by atoms with van der Waals surface area (Å²) in [5.41, 5.74) is -1.64. The maximum Gasteiger partial charge on any atom is 0.322 e. The Morgan fingerprint density at radius 1 is 1.38 bits per heavy atom. The quantitative estimate of drug-likeness (QED) is 0.203. The second-order valence-corrected chi connectivity index (χ2v) is 7.39. The number of aliphatic hydroxyl groups is 1. The molecule has 2 aliphatic heterocycles. The molecule has 0 radical (unpaired) electrons. The highest BCUT2D eigenvalue weighted by Crippen LogP contribution is 2.30. The zero-order valence-electron chi connectivity index (χ0n) is 16.1. The number of guanidine groups is 1. The van der Waals surface area contributed by atoms with E-state index in [9.17, 15) is 14.7 Å². The first-order chi connectivity index (χ1) is 11.7. The molecule has 2 atom stereocenters. The number of hydrogen-bond donors (Lipinski definition) is 4. The highest BCUT2D eigenvalue weighted by atomic mass is 127. The maximum atomic E-state index is 12.1. The molecule has 2 rings (SSSR count). The van der Waals surface area contributed by atoms with Gasteiger partial charge >= 0.3 is 6.03 Å². The van der Waals surface area contributed by atoms with Crippen molar-refractivity contribution in [1.29, 1.82) is 0 Å². The number of carbonyl (C=O) groups is 2. The first-order valence-corrected chi connectivity index (χ1v) is 9.11. The van der Waals surface area contributed by atoms with Crippen molar-refractivity contribution >= 4 is 41.9 Å². The first-order valence-electron chi connectivity index (χ1n) is 9.11. The number of aliphatic imine (C=N–C) groups is 1. The Morgan fingerprint density at radius 2 is 2.00 bits per heavy atom. The van der Waals surface area contributed by atoms with Gasteiger partial charge in [-0.3, -0.25) is 15.1 Å². The number of urea groups is 1. The lowest BCUT2D eigenvalue weighted by atomic mass is 9.79. The van der Waals surface area contributed by atoms with Crippen LogP contribution in [0.2, 0.25) is 0 Å². The number of hydrogen-bond acceptors (Lipinski definition) is 4. The number of imide groups is 1. The van der Waals surface area contributed by atoms with Gasteiger partial charge in [0.25, 0.3) is 5.91 Å². The van der Waals surface area contributed by atoms with Gasteiger partial charge in [-0.2, -0.15) is 0 Å². The number of piperidine rings is 1. The van der Waals surface area contributed by atoms with Gasteiger partial charge in [0.05, 0.1) is 12.1 Å². The van der Waals surface area contributed by atoms with E-state index in [4.69, 9.17) is 0 Å². The summed E-state index contributed by atoms with van der Waals surface area (Å²) in [5.74, 6) is 0.645. The molecular weight excluding hydrogens is 449 g/mol. The van der Waals surface area contributed by atoms with Crippen LogP contribution < -0.4 is 16.0 Å². The molecule has 26 heavy (non-hydrogen) atoms. The largest absolute Gasteiger partial charge is 0.388 e. The molecule has 2 aliphatic rings. The molecule has 2 unspecified atom stereocenters. The van der Waals surface area contributed by atoms with Crippen molar-refractivity contribution in [3.05, 3.63) is 0 Å². The molecule has 2 saturated heterocycles. The summed E-state index contributed by atoms with van der Waals surface area (Å²) in [6.45, 7) is 10.1. The summed E-state index contributed by atoms with van der Waals surface area (Å²) >= 11 is 0. The van der Waals surface area contributed by atoms with Crippen LogP contribution in [0.3, 0.4) is 0 Å². The monoisotopic (exact) mass is 481 g/mol. The Balaban J connectivity index is 0.00000338. The van der Waals surface area contributed by atoms with Gasteiger partial charge < -0.3 is 20.6 Å². The second-order valence-electron chi connectivity index (χ2n) is 7.39. The molecular formula is C17H32IN5O3. The number of amides is 3. The summed E-state index contributed by atoms with van der Waals surface area (Å²) in [7, 11) is 0. The van der Waals surface area contributed by atoms with E-state index >= 15 is 0 Å². The van der Waals surface area contributed by atoms with Gasteiger partial charge in [-0.1, -0.05) is 6.92 Å². The van der Waals surface area contributed by atoms with Gasteiger partial charge in [0.2, 0.25) is 0 Å². The van der Waals surface area contributed by atoms with Gasteiger partial charge in [0.1, 0.15) is 5.54 Å². The predicted octanol–water partition coefficient (Wildman–Crippen LogP) is 1.04. The number of likely N-dealkylation sites (tertiary alicyclic amines) is 1. The summed E-state index contributed by atoms with van der Waals surface area (Å²) in [4.78, 5) is 30.3. The molecule has 8 nitrogen and oxygen atoms in total. The molecule has 9 heteroatoms. The average molecular weight is 481 g/mol. The van der Waals surface area contributed by atoms with Crippen molar-refractivity contribution in [3.8, 4) is 0 Å². The molecule has 4 N–H and O–H groups in total. The zero-order chi connectivity index (χ0) is 18.7. The van der Waals surface area contributed by atoms with Crippen LogP contribution in [-0.2, 0) is 4.79 Å². The topological polar surface area (TPSA) is 106 Å². The molecule has 150 valence electrons. The molecule has 0 aromatic carbocycles. The van der Waals surface area contributed by atoms with Gasteiger partial charge in [0.15, 0.2) is 5.96 Å². The van der Waals surface area contributed by atoms with Crippen LogP contribution in [0.1, 0.15) is 47.0 Å². The van der Waals surface area contributed by atoms with Gasteiger partial charge in [-0.05, 0) is 46.0 Å². The van der Waals surface area contributed by atoms with Crippen LogP contribution >= 0.6 is 24.0 Å². The summed E-state index contributed by atoms with van der Waals surface area (Å²) in [6.07, 6.45) is 2.22. The smallest absolute Gasteiger partial charge is 0.322 e. The van der Waals surface area contributed by atoms with Crippen LogP contribution in [0.4, 0.5) is 4.79 Å². The lowest BCUT2D eigenvalue weighted by Gasteiger charge is -2.40. The Morgan fingerprint density at radius 3 is 2.46 bits per heavy atom. The predicted molar refractivity (Wildman–Crippen MR) is 112 cm³/mol. The fourth-order valence-corrected chi connectivity index (χ4v) is 3.30. The third-order valence-corrected chi connectivity index (χ3v) is 5.35. The Kier molecular flexibility index (Phi) is 8.12. The highest BCUT2D eigenvalue weighted by molar-refractivity contribution is 14.0. The van der Waals surface area contributed by atoms with Crippen LogP contribution in [-0.4, -0.2) is 65.2 Å². The van der Waals surface area contributed by atoms with Crippen molar-refractivity contribution in [2.75, 3.05) is 26.2 Å². The number of carbonyl (C=O) groups excluding carboxylic acids is 2. The molecule has 2 fully saturated rings. The highest BCUT2D eigenvalue weighted by Gasteiger charge is 2.48. The third kappa shape index (κ3) is 5.21. The minimum Gasteiger partial charge on any atom is -0.388 e. The lowest BCUT2D eigenvalue weighted by molar-refractivity contribution is -0.125. The van der Waals surface area contributed by atoms with E-state index < -0.39 is 17.2 Å². The molecule has 0 bridgehead atoms. The molecule has 3 amide bonds. The van der Waals surface area contributed by atoms with Crippen molar-refractivity contribution < 1.29 is 14.7 Å². The normalized spacial score (nSPS) is 26.7. The Hall–Kier alpha value is -1.10. The van der Waals surface area contributed by atoms with Gasteiger partial charge in [-0.15, -0.1) is 24.0 Å². The van der Waals surface area contributed by atoms with E-state index in [0.717, 1.165) is 38.4 Å². The molecule has 0 spiro atoms. The van der Waals surface area contributed by atoms with Crippen LogP contribution in [0.5, 0.6) is 0 Å². The Bertz CT molecular complexity index is 547. The summed E-state index contributed by atoms with van der Waals surface area (Å²) in [5, 5.41) is 18.6. The lowest BCUT2D eigenvalue weighted by Crippen LogP contribution is -2.55.